The third kappa shape index (κ3) is 9.66. The van der Waals surface area contributed by atoms with Crippen LogP contribution in [0.25, 0.3) is 0 Å². The minimum atomic E-state index is -5.08. The number of carbonyl (C=O) groups is 3. The van der Waals surface area contributed by atoms with Gasteiger partial charge >= 0.3 is 24.3 Å². The van der Waals surface area contributed by atoms with Gasteiger partial charge in [-0.15, -0.1) is 0 Å². The molecule has 2 fully saturated rings. The molecule has 1 saturated heterocycles. The molecule has 4 rings (SSSR count). The smallest absolute Gasteiger partial charge is 0.475 e. The zero-order valence-corrected chi connectivity index (χ0v) is 19.9. The van der Waals surface area contributed by atoms with Gasteiger partial charge in [-0.1, -0.05) is 0 Å². The van der Waals surface area contributed by atoms with Crippen LogP contribution in [0.3, 0.4) is 0 Å². The molecular formula is C22H23F6N5O6. The van der Waals surface area contributed by atoms with Crippen LogP contribution in [-0.4, -0.2) is 92.1 Å². The molecule has 3 unspecified atom stereocenters. The molecular weight excluding hydrogens is 544 g/mol. The van der Waals surface area contributed by atoms with Gasteiger partial charge in [-0.2, -0.15) is 26.3 Å². The summed E-state index contributed by atoms with van der Waals surface area (Å²) in [6, 6.07) is 5.47. The molecule has 0 aromatic carbocycles. The van der Waals surface area contributed by atoms with E-state index in [9.17, 15) is 31.1 Å². The third-order valence-electron chi connectivity index (χ3n) is 5.48. The highest BCUT2D eigenvalue weighted by Crippen LogP contribution is 2.35. The molecule has 39 heavy (non-hydrogen) atoms. The summed E-state index contributed by atoms with van der Waals surface area (Å²) in [6.45, 7) is 1.98. The molecule has 1 aliphatic heterocycles. The van der Waals surface area contributed by atoms with Gasteiger partial charge in [0, 0.05) is 49.4 Å². The molecule has 3 N–H and O–H groups in total. The number of nitrogens with zero attached hydrogens (tertiary/aromatic N) is 4. The predicted octanol–water partition coefficient (Wildman–Crippen LogP) is 2.87. The maximum atomic E-state index is 12.8. The number of pyridine rings is 1. The van der Waals surface area contributed by atoms with Gasteiger partial charge in [-0.05, 0) is 31.0 Å². The van der Waals surface area contributed by atoms with E-state index in [0.29, 0.717) is 30.6 Å². The van der Waals surface area contributed by atoms with Crippen LogP contribution in [0.15, 0.2) is 43.0 Å². The first-order valence-corrected chi connectivity index (χ1v) is 11.2. The first-order chi connectivity index (χ1) is 18.2. The number of morpholine rings is 1. The van der Waals surface area contributed by atoms with Crippen molar-refractivity contribution in [2.45, 2.75) is 37.3 Å². The Morgan fingerprint density at radius 2 is 1.49 bits per heavy atom. The molecule has 2 aromatic heterocycles. The summed E-state index contributed by atoms with van der Waals surface area (Å²) >= 11 is 0. The van der Waals surface area contributed by atoms with Crippen LogP contribution >= 0.6 is 0 Å². The van der Waals surface area contributed by atoms with Crippen LogP contribution in [0.2, 0.25) is 0 Å². The minimum absolute atomic E-state index is 0.0655. The van der Waals surface area contributed by atoms with E-state index in [2.05, 4.69) is 20.3 Å². The number of fused-ring (bicyclic) bond motifs is 1. The average Bonchev–Trinajstić information content (AvgIpc) is 3.31. The van der Waals surface area contributed by atoms with E-state index in [1.165, 1.54) is 0 Å². The molecule has 3 heterocycles. The Labute approximate surface area is 216 Å². The quantitative estimate of drug-likeness (QED) is 0.470. The van der Waals surface area contributed by atoms with Crippen molar-refractivity contribution in [3.8, 4) is 0 Å². The van der Waals surface area contributed by atoms with Gasteiger partial charge in [0.25, 0.3) is 5.91 Å². The highest BCUT2D eigenvalue weighted by Gasteiger charge is 2.44. The fraction of sp³-hybridized carbons (Fsp3) is 0.455. The summed E-state index contributed by atoms with van der Waals surface area (Å²) in [4.78, 5) is 45.0. The van der Waals surface area contributed by atoms with Gasteiger partial charge in [0.1, 0.15) is 0 Å². The Kier molecular flexibility index (Phi) is 10.9. The standard InChI is InChI=1S/C18H21N5O2.2C2HF3O2/c24-17(13-4-8-19-9-5-13)23-10-11-25-16-14(2-3-15(16)23)12-22-18-20-6-1-7-21-18;2*3-2(4,5)1(6)7/h1,4-9,14-16H,2-3,10-12H2,(H,20,21,22);2*(H,6,7). The molecule has 1 amide bonds. The zero-order chi connectivity index (χ0) is 29.2. The van der Waals surface area contributed by atoms with Crippen molar-refractivity contribution in [2.24, 2.45) is 5.92 Å². The highest BCUT2D eigenvalue weighted by molar-refractivity contribution is 5.94. The maximum Gasteiger partial charge on any atom is 0.490 e. The summed E-state index contributed by atoms with van der Waals surface area (Å²) in [6.07, 6.45) is -1.36. The van der Waals surface area contributed by atoms with E-state index >= 15 is 0 Å². The largest absolute Gasteiger partial charge is 0.490 e. The van der Waals surface area contributed by atoms with Gasteiger partial charge in [0.05, 0.1) is 18.8 Å². The lowest BCUT2D eigenvalue weighted by molar-refractivity contribution is -0.193. The summed E-state index contributed by atoms with van der Waals surface area (Å²) in [5.74, 6) is -4.46. The first kappa shape index (κ1) is 31.2. The predicted molar refractivity (Wildman–Crippen MR) is 119 cm³/mol. The number of carboxylic acids is 2. The van der Waals surface area contributed by atoms with Gasteiger partial charge in [-0.3, -0.25) is 9.78 Å². The molecule has 1 saturated carbocycles. The SMILES string of the molecule is O=C(O)C(F)(F)F.O=C(O)C(F)(F)F.O=C(c1ccncc1)N1CCOC2C(CNc3ncccn3)CCC21. The number of ether oxygens (including phenoxy) is 1. The van der Waals surface area contributed by atoms with Crippen molar-refractivity contribution in [2.75, 3.05) is 25.0 Å². The maximum absolute atomic E-state index is 12.8. The van der Waals surface area contributed by atoms with Crippen LogP contribution in [0.5, 0.6) is 0 Å². The topological polar surface area (TPSA) is 155 Å². The highest BCUT2D eigenvalue weighted by atomic mass is 19.4. The van der Waals surface area contributed by atoms with Crippen LogP contribution in [0.1, 0.15) is 23.2 Å². The second-order valence-corrected chi connectivity index (χ2v) is 8.03. The molecule has 0 spiro atoms. The second-order valence-electron chi connectivity index (χ2n) is 8.03. The second kappa shape index (κ2) is 13.7. The Morgan fingerprint density at radius 3 is 2.00 bits per heavy atom. The Morgan fingerprint density at radius 1 is 0.949 bits per heavy atom. The number of aromatic nitrogens is 3. The molecule has 2 aromatic rings. The molecule has 214 valence electrons. The van der Waals surface area contributed by atoms with Gasteiger partial charge in [0.15, 0.2) is 0 Å². The zero-order valence-electron chi connectivity index (χ0n) is 19.9. The number of alkyl halides is 6. The minimum Gasteiger partial charge on any atom is -0.475 e. The normalized spacial score (nSPS) is 20.4. The third-order valence-corrected chi connectivity index (χ3v) is 5.48. The fourth-order valence-electron chi connectivity index (χ4n) is 3.80. The molecule has 17 heteroatoms. The Hall–Kier alpha value is -4.02. The van der Waals surface area contributed by atoms with Crippen LogP contribution < -0.4 is 5.32 Å². The fourth-order valence-corrected chi connectivity index (χ4v) is 3.80. The molecule has 1 aliphatic carbocycles. The van der Waals surface area contributed by atoms with Crippen molar-refractivity contribution in [1.29, 1.82) is 0 Å². The summed E-state index contributed by atoms with van der Waals surface area (Å²) in [5, 5.41) is 17.5. The Bertz CT molecular complexity index is 1070. The number of halogens is 6. The van der Waals surface area contributed by atoms with Gasteiger partial charge in [0.2, 0.25) is 5.95 Å². The van der Waals surface area contributed by atoms with Crippen molar-refractivity contribution in [1.82, 2.24) is 19.9 Å². The van der Waals surface area contributed by atoms with E-state index in [1.54, 1.807) is 43.0 Å². The lowest BCUT2D eigenvalue weighted by Crippen LogP contribution is -2.53. The molecule has 2 aliphatic rings. The van der Waals surface area contributed by atoms with Crippen molar-refractivity contribution >= 4 is 23.8 Å². The molecule has 11 nitrogen and oxygen atoms in total. The van der Waals surface area contributed by atoms with E-state index in [0.717, 1.165) is 19.4 Å². The van der Waals surface area contributed by atoms with Gasteiger partial charge in [-0.25, -0.2) is 19.6 Å². The first-order valence-electron chi connectivity index (χ1n) is 11.2. The molecule has 3 atom stereocenters. The van der Waals surface area contributed by atoms with Gasteiger partial charge < -0.3 is 25.2 Å². The number of rotatable bonds is 4. The molecule has 0 bridgehead atoms. The lowest BCUT2D eigenvalue weighted by atomic mass is 10.0. The van der Waals surface area contributed by atoms with Crippen molar-refractivity contribution in [3.63, 3.8) is 0 Å². The van der Waals surface area contributed by atoms with E-state index in [-0.39, 0.29) is 18.1 Å². The number of hydrogen-bond acceptors (Lipinski definition) is 8. The van der Waals surface area contributed by atoms with Crippen molar-refractivity contribution < 1.29 is 55.7 Å². The number of carbonyl (C=O) groups excluding carboxylic acids is 1. The van der Waals surface area contributed by atoms with E-state index in [4.69, 9.17) is 24.5 Å². The summed E-state index contributed by atoms with van der Waals surface area (Å²) in [7, 11) is 0. The summed E-state index contributed by atoms with van der Waals surface area (Å²) < 4.78 is 69.5. The lowest BCUT2D eigenvalue weighted by Gasteiger charge is -2.39. The van der Waals surface area contributed by atoms with E-state index in [1.807, 2.05) is 4.90 Å². The van der Waals surface area contributed by atoms with Crippen LogP contribution in [-0.2, 0) is 14.3 Å². The van der Waals surface area contributed by atoms with Crippen LogP contribution in [0.4, 0.5) is 32.3 Å². The summed E-state index contributed by atoms with van der Waals surface area (Å²) in [5.41, 5.74) is 0.690. The average molecular weight is 567 g/mol. The number of aliphatic carboxylic acids is 2. The number of carboxylic acid groups (broad SMARTS) is 2. The van der Waals surface area contributed by atoms with Crippen LogP contribution in [0, 0.1) is 5.92 Å². The van der Waals surface area contributed by atoms with E-state index < -0.39 is 24.3 Å². The number of anilines is 1. The molecule has 0 radical (unpaired) electrons. The number of hydrogen-bond donors (Lipinski definition) is 3. The monoisotopic (exact) mass is 567 g/mol. The number of amides is 1. The number of nitrogens with one attached hydrogen (secondary N) is 1. The Balaban J connectivity index is 0.000000317. The van der Waals surface area contributed by atoms with Crippen molar-refractivity contribution in [3.05, 3.63) is 48.5 Å².